The van der Waals surface area contributed by atoms with Gasteiger partial charge in [-0.1, -0.05) is 41.9 Å². The SMILES string of the molecule is O=C(CNC(=O)Cc1ccc(Cl)cc1)NCC(=O)N1CCCc2ccccc21. The highest BCUT2D eigenvalue weighted by atomic mass is 35.5. The van der Waals surface area contributed by atoms with E-state index in [-0.39, 0.29) is 31.3 Å². The maximum Gasteiger partial charge on any atom is 0.246 e. The minimum atomic E-state index is -0.400. The second kappa shape index (κ2) is 9.37. The van der Waals surface area contributed by atoms with Crippen molar-refractivity contribution in [1.29, 1.82) is 0 Å². The first-order chi connectivity index (χ1) is 13.5. The van der Waals surface area contributed by atoms with E-state index in [9.17, 15) is 14.4 Å². The predicted molar refractivity (Wildman–Crippen MR) is 108 cm³/mol. The Morgan fingerprint density at radius 3 is 2.43 bits per heavy atom. The van der Waals surface area contributed by atoms with Crippen molar-refractivity contribution < 1.29 is 14.4 Å². The zero-order valence-electron chi connectivity index (χ0n) is 15.4. The summed E-state index contributed by atoms with van der Waals surface area (Å²) in [5.41, 5.74) is 2.86. The molecule has 2 aromatic rings. The van der Waals surface area contributed by atoms with E-state index in [2.05, 4.69) is 10.6 Å². The van der Waals surface area contributed by atoms with Crippen molar-refractivity contribution in [3.8, 4) is 0 Å². The van der Waals surface area contributed by atoms with Crippen LogP contribution in [0.2, 0.25) is 5.02 Å². The lowest BCUT2D eigenvalue weighted by molar-refractivity contribution is -0.127. The second-order valence-corrected chi connectivity index (χ2v) is 7.07. The molecule has 0 saturated carbocycles. The molecule has 6 nitrogen and oxygen atoms in total. The Labute approximate surface area is 168 Å². The first-order valence-electron chi connectivity index (χ1n) is 9.19. The summed E-state index contributed by atoms with van der Waals surface area (Å²) in [4.78, 5) is 38.1. The number of amides is 3. The summed E-state index contributed by atoms with van der Waals surface area (Å²) in [6.45, 7) is 0.375. The Balaban J connectivity index is 1.42. The number of hydrogen-bond acceptors (Lipinski definition) is 3. The number of nitrogens with zero attached hydrogens (tertiary/aromatic N) is 1. The quantitative estimate of drug-likeness (QED) is 0.780. The molecule has 0 spiro atoms. The molecule has 1 aliphatic rings. The fourth-order valence-corrected chi connectivity index (χ4v) is 3.28. The second-order valence-electron chi connectivity index (χ2n) is 6.63. The van der Waals surface area contributed by atoms with Crippen LogP contribution in [0.5, 0.6) is 0 Å². The largest absolute Gasteiger partial charge is 0.347 e. The molecular weight excluding hydrogens is 378 g/mol. The Hall–Kier alpha value is -2.86. The molecule has 0 unspecified atom stereocenters. The molecule has 146 valence electrons. The van der Waals surface area contributed by atoms with E-state index in [0.717, 1.165) is 29.7 Å². The van der Waals surface area contributed by atoms with Crippen LogP contribution < -0.4 is 15.5 Å². The summed E-state index contributed by atoms with van der Waals surface area (Å²) in [5.74, 6) is -0.829. The van der Waals surface area contributed by atoms with E-state index in [1.807, 2.05) is 24.3 Å². The summed E-state index contributed by atoms with van der Waals surface area (Å²) in [7, 11) is 0. The molecule has 0 aromatic heterocycles. The number of anilines is 1. The van der Waals surface area contributed by atoms with Crippen LogP contribution in [0.1, 0.15) is 17.5 Å². The van der Waals surface area contributed by atoms with Crippen LogP contribution in [0, 0.1) is 0 Å². The molecule has 3 amide bonds. The summed E-state index contributed by atoms with van der Waals surface area (Å²) in [6, 6.07) is 14.7. The minimum absolute atomic E-state index is 0.0970. The van der Waals surface area contributed by atoms with Gasteiger partial charge in [0.2, 0.25) is 17.7 Å². The highest BCUT2D eigenvalue weighted by molar-refractivity contribution is 6.30. The molecule has 0 fully saturated rings. The van der Waals surface area contributed by atoms with Gasteiger partial charge in [0.05, 0.1) is 19.5 Å². The number of aryl methyl sites for hydroxylation is 1. The van der Waals surface area contributed by atoms with Gasteiger partial charge in [0.15, 0.2) is 0 Å². The van der Waals surface area contributed by atoms with Gasteiger partial charge in [-0.2, -0.15) is 0 Å². The van der Waals surface area contributed by atoms with Crippen LogP contribution >= 0.6 is 11.6 Å². The van der Waals surface area contributed by atoms with Gasteiger partial charge < -0.3 is 15.5 Å². The fraction of sp³-hybridized carbons (Fsp3) is 0.286. The van der Waals surface area contributed by atoms with Crippen LogP contribution in [-0.4, -0.2) is 37.4 Å². The van der Waals surface area contributed by atoms with E-state index < -0.39 is 5.91 Å². The Morgan fingerprint density at radius 1 is 0.929 bits per heavy atom. The Morgan fingerprint density at radius 2 is 1.64 bits per heavy atom. The molecule has 0 saturated heterocycles. The third kappa shape index (κ3) is 5.33. The minimum Gasteiger partial charge on any atom is -0.347 e. The number of para-hydroxylation sites is 1. The third-order valence-corrected chi connectivity index (χ3v) is 4.82. The van der Waals surface area contributed by atoms with E-state index in [0.29, 0.717) is 11.6 Å². The molecule has 3 rings (SSSR count). The third-order valence-electron chi connectivity index (χ3n) is 4.57. The van der Waals surface area contributed by atoms with Crippen molar-refractivity contribution in [2.45, 2.75) is 19.3 Å². The Bertz CT molecular complexity index is 867. The monoisotopic (exact) mass is 399 g/mol. The van der Waals surface area contributed by atoms with Gasteiger partial charge in [0, 0.05) is 17.3 Å². The van der Waals surface area contributed by atoms with Crippen LogP contribution in [-0.2, 0) is 27.2 Å². The highest BCUT2D eigenvalue weighted by Crippen LogP contribution is 2.26. The average molecular weight is 400 g/mol. The number of halogens is 1. The van der Waals surface area contributed by atoms with Crippen molar-refractivity contribution in [1.82, 2.24) is 10.6 Å². The topological polar surface area (TPSA) is 78.5 Å². The van der Waals surface area contributed by atoms with E-state index >= 15 is 0 Å². The summed E-state index contributed by atoms with van der Waals surface area (Å²) >= 11 is 5.81. The molecule has 0 atom stereocenters. The van der Waals surface area contributed by atoms with Gasteiger partial charge in [-0.15, -0.1) is 0 Å². The predicted octanol–water partition coefficient (Wildman–Crippen LogP) is 2.09. The summed E-state index contributed by atoms with van der Waals surface area (Å²) in [5, 5.41) is 5.73. The fourth-order valence-electron chi connectivity index (χ4n) is 3.15. The molecular formula is C21H22ClN3O3. The lowest BCUT2D eigenvalue weighted by atomic mass is 10.0. The molecule has 28 heavy (non-hydrogen) atoms. The molecule has 0 radical (unpaired) electrons. The van der Waals surface area contributed by atoms with Crippen LogP contribution in [0.15, 0.2) is 48.5 Å². The van der Waals surface area contributed by atoms with Gasteiger partial charge in [0.25, 0.3) is 0 Å². The van der Waals surface area contributed by atoms with Crippen LogP contribution in [0.3, 0.4) is 0 Å². The molecule has 1 aliphatic heterocycles. The van der Waals surface area contributed by atoms with Crippen molar-refractivity contribution in [2.75, 3.05) is 24.5 Å². The molecule has 1 heterocycles. The maximum atomic E-state index is 12.5. The molecule has 0 bridgehead atoms. The molecule has 2 N–H and O–H groups in total. The number of carbonyl (C=O) groups excluding carboxylic acids is 3. The van der Waals surface area contributed by atoms with E-state index in [1.165, 1.54) is 0 Å². The number of carbonyl (C=O) groups is 3. The average Bonchev–Trinajstić information content (AvgIpc) is 2.71. The van der Waals surface area contributed by atoms with Crippen molar-refractivity contribution in [2.24, 2.45) is 0 Å². The number of rotatable bonds is 6. The van der Waals surface area contributed by atoms with Crippen molar-refractivity contribution in [3.05, 3.63) is 64.7 Å². The zero-order valence-corrected chi connectivity index (χ0v) is 16.2. The maximum absolute atomic E-state index is 12.5. The first-order valence-corrected chi connectivity index (χ1v) is 9.57. The standard InChI is InChI=1S/C21H22ClN3O3/c22-17-9-7-15(8-10-17)12-19(26)23-13-20(27)24-14-21(28)25-11-3-5-16-4-1-2-6-18(16)25/h1-2,4,6-10H,3,5,11-14H2,(H,23,26)(H,24,27). The molecule has 2 aromatic carbocycles. The lowest BCUT2D eigenvalue weighted by Gasteiger charge is -2.29. The smallest absolute Gasteiger partial charge is 0.246 e. The first kappa shape index (κ1) is 19.9. The van der Waals surface area contributed by atoms with Crippen LogP contribution in [0.4, 0.5) is 5.69 Å². The zero-order chi connectivity index (χ0) is 19.9. The van der Waals surface area contributed by atoms with Gasteiger partial charge in [0.1, 0.15) is 0 Å². The van der Waals surface area contributed by atoms with Crippen molar-refractivity contribution >= 4 is 35.0 Å². The number of benzene rings is 2. The normalized spacial score (nSPS) is 12.8. The van der Waals surface area contributed by atoms with E-state index in [4.69, 9.17) is 11.6 Å². The molecule has 0 aliphatic carbocycles. The highest BCUT2D eigenvalue weighted by Gasteiger charge is 2.22. The lowest BCUT2D eigenvalue weighted by Crippen LogP contribution is -2.45. The van der Waals surface area contributed by atoms with Crippen LogP contribution in [0.25, 0.3) is 0 Å². The Kier molecular flexibility index (Phi) is 6.66. The van der Waals surface area contributed by atoms with Gasteiger partial charge in [-0.3, -0.25) is 14.4 Å². The summed E-state index contributed by atoms with van der Waals surface area (Å²) < 4.78 is 0. The van der Waals surface area contributed by atoms with Gasteiger partial charge >= 0.3 is 0 Å². The number of fused-ring (bicyclic) bond motifs is 1. The number of nitrogens with one attached hydrogen (secondary N) is 2. The van der Waals surface area contributed by atoms with Crippen molar-refractivity contribution in [3.63, 3.8) is 0 Å². The van der Waals surface area contributed by atoms with Gasteiger partial charge in [-0.25, -0.2) is 0 Å². The van der Waals surface area contributed by atoms with E-state index in [1.54, 1.807) is 29.2 Å². The van der Waals surface area contributed by atoms with Gasteiger partial charge in [-0.05, 0) is 42.2 Å². The number of hydrogen-bond donors (Lipinski definition) is 2. The summed E-state index contributed by atoms with van der Waals surface area (Å²) in [6.07, 6.45) is 2.01. The molecule has 7 heteroatoms.